The van der Waals surface area contributed by atoms with E-state index < -0.39 is 30.1 Å². The predicted molar refractivity (Wildman–Crippen MR) is 73.9 cm³/mol. The van der Waals surface area contributed by atoms with Crippen LogP contribution in [0.25, 0.3) is 0 Å². The van der Waals surface area contributed by atoms with Crippen LogP contribution < -0.4 is 0 Å². The molecule has 0 saturated heterocycles. The molecule has 1 rings (SSSR count). The van der Waals surface area contributed by atoms with E-state index >= 15 is 0 Å². The van der Waals surface area contributed by atoms with Crippen LogP contribution >= 0.6 is 0 Å². The summed E-state index contributed by atoms with van der Waals surface area (Å²) in [5.74, 6) is -2.83. The number of aliphatic carboxylic acids is 1. The Labute approximate surface area is 119 Å². The summed E-state index contributed by atoms with van der Waals surface area (Å²) < 4.78 is 10.7. The van der Waals surface area contributed by atoms with E-state index in [4.69, 9.17) is 14.6 Å². The zero-order chi connectivity index (χ0) is 15.1. The Balaban J connectivity index is 2.60. The molecule has 1 aliphatic carbocycles. The highest BCUT2D eigenvalue weighted by atomic mass is 16.7. The quantitative estimate of drug-likeness (QED) is 0.441. The zero-order valence-electron chi connectivity index (χ0n) is 12.0. The minimum Gasteiger partial charge on any atom is -0.481 e. The lowest BCUT2D eigenvalue weighted by Crippen LogP contribution is -2.35. The van der Waals surface area contributed by atoms with Crippen molar-refractivity contribution in [2.45, 2.75) is 39.4 Å². The molecule has 0 spiro atoms. The van der Waals surface area contributed by atoms with Crippen LogP contribution in [-0.2, 0) is 19.1 Å². The summed E-state index contributed by atoms with van der Waals surface area (Å²) in [6.45, 7) is 7.69. The number of carbonyl (C=O) groups excluding carboxylic acids is 1. The van der Waals surface area contributed by atoms with Gasteiger partial charge in [0.1, 0.15) is 0 Å². The summed E-state index contributed by atoms with van der Waals surface area (Å²) in [5, 5.41) is 9.14. The van der Waals surface area contributed by atoms with Gasteiger partial charge in [-0.2, -0.15) is 0 Å². The summed E-state index contributed by atoms with van der Waals surface area (Å²) in [7, 11) is 0. The van der Waals surface area contributed by atoms with Crippen LogP contribution in [0.15, 0.2) is 24.3 Å². The Kier molecular flexibility index (Phi) is 6.45. The van der Waals surface area contributed by atoms with Crippen molar-refractivity contribution in [1.82, 2.24) is 0 Å². The van der Waals surface area contributed by atoms with Crippen molar-refractivity contribution in [3.8, 4) is 0 Å². The summed E-state index contributed by atoms with van der Waals surface area (Å²) in [6, 6.07) is 0. The third kappa shape index (κ3) is 4.81. The Morgan fingerprint density at radius 1 is 1.35 bits per heavy atom. The van der Waals surface area contributed by atoms with E-state index in [2.05, 4.69) is 6.58 Å². The maximum Gasteiger partial charge on any atom is 0.312 e. The van der Waals surface area contributed by atoms with E-state index in [1.807, 2.05) is 19.9 Å². The molecule has 3 unspecified atom stereocenters. The molecule has 0 bridgehead atoms. The highest BCUT2D eigenvalue weighted by Crippen LogP contribution is 2.27. The minimum absolute atomic E-state index is 0.318. The molecule has 0 saturated carbocycles. The monoisotopic (exact) mass is 282 g/mol. The molecule has 112 valence electrons. The third-order valence-corrected chi connectivity index (χ3v) is 3.15. The van der Waals surface area contributed by atoms with E-state index in [0.29, 0.717) is 25.9 Å². The molecule has 0 aliphatic heterocycles. The van der Waals surface area contributed by atoms with Crippen LogP contribution in [0.1, 0.15) is 33.1 Å². The molecule has 1 aliphatic rings. The Morgan fingerprint density at radius 2 is 1.95 bits per heavy atom. The molecule has 0 fully saturated rings. The molecule has 0 radical (unpaired) electrons. The SMILES string of the molecule is C=C(C)COC(CC)OC(=O)C1CC=CCC1C(=O)O. The van der Waals surface area contributed by atoms with Gasteiger partial charge in [-0.15, -0.1) is 0 Å². The third-order valence-electron chi connectivity index (χ3n) is 3.15. The zero-order valence-corrected chi connectivity index (χ0v) is 12.0. The molecule has 0 aromatic rings. The number of hydrogen-bond acceptors (Lipinski definition) is 4. The topological polar surface area (TPSA) is 72.8 Å². The molecule has 20 heavy (non-hydrogen) atoms. The standard InChI is InChI=1S/C15H22O5/c1-4-13(19-9-10(2)3)20-15(18)12-8-6-5-7-11(12)14(16)17/h5-6,11-13H,2,4,7-9H2,1,3H3,(H,16,17). The molecule has 0 heterocycles. The lowest BCUT2D eigenvalue weighted by atomic mass is 9.83. The van der Waals surface area contributed by atoms with E-state index in [1.54, 1.807) is 6.08 Å². The molecule has 3 atom stereocenters. The normalized spacial score (nSPS) is 23.1. The van der Waals surface area contributed by atoms with Gasteiger partial charge in [0.2, 0.25) is 6.29 Å². The Hall–Kier alpha value is -1.62. The first-order chi connectivity index (χ1) is 9.45. The first kappa shape index (κ1) is 16.4. The van der Waals surface area contributed by atoms with Crippen molar-refractivity contribution in [3.05, 3.63) is 24.3 Å². The number of ether oxygens (including phenoxy) is 2. The van der Waals surface area contributed by atoms with Crippen LogP contribution in [0.3, 0.4) is 0 Å². The number of hydrogen-bond donors (Lipinski definition) is 1. The van der Waals surface area contributed by atoms with Gasteiger partial charge in [-0.1, -0.05) is 31.2 Å². The van der Waals surface area contributed by atoms with Gasteiger partial charge in [-0.25, -0.2) is 0 Å². The molecule has 0 aromatic carbocycles. The second-order valence-electron chi connectivity index (χ2n) is 5.04. The molecule has 0 aromatic heterocycles. The molecule has 5 heteroatoms. The van der Waals surface area contributed by atoms with Gasteiger partial charge < -0.3 is 14.6 Å². The van der Waals surface area contributed by atoms with Gasteiger partial charge >= 0.3 is 11.9 Å². The number of carboxylic acids is 1. The lowest BCUT2D eigenvalue weighted by Gasteiger charge is -2.26. The summed E-state index contributed by atoms with van der Waals surface area (Å²) in [5.41, 5.74) is 0.837. The van der Waals surface area contributed by atoms with Crippen LogP contribution in [0, 0.1) is 11.8 Å². The minimum atomic E-state index is -0.966. The van der Waals surface area contributed by atoms with E-state index in [1.165, 1.54) is 0 Å². The highest BCUT2D eigenvalue weighted by Gasteiger charge is 2.36. The predicted octanol–water partition coefficient (Wildman–Crippen LogP) is 2.53. The molecule has 5 nitrogen and oxygen atoms in total. The van der Waals surface area contributed by atoms with Crippen molar-refractivity contribution in [2.75, 3.05) is 6.61 Å². The van der Waals surface area contributed by atoms with Crippen LogP contribution in [0.2, 0.25) is 0 Å². The fourth-order valence-electron chi connectivity index (χ4n) is 2.03. The first-order valence-corrected chi connectivity index (χ1v) is 6.80. The van der Waals surface area contributed by atoms with Gasteiger partial charge in [0.15, 0.2) is 0 Å². The first-order valence-electron chi connectivity index (χ1n) is 6.80. The van der Waals surface area contributed by atoms with Crippen molar-refractivity contribution >= 4 is 11.9 Å². The van der Waals surface area contributed by atoms with E-state index in [0.717, 1.165) is 5.57 Å². The van der Waals surface area contributed by atoms with Gasteiger partial charge in [0.25, 0.3) is 0 Å². The van der Waals surface area contributed by atoms with E-state index in [9.17, 15) is 9.59 Å². The summed E-state index contributed by atoms with van der Waals surface area (Å²) in [4.78, 5) is 23.3. The maximum atomic E-state index is 12.1. The van der Waals surface area contributed by atoms with Crippen molar-refractivity contribution in [2.24, 2.45) is 11.8 Å². The van der Waals surface area contributed by atoms with Crippen molar-refractivity contribution in [3.63, 3.8) is 0 Å². The smallest absolute Gasteiger partial charge is 0.312 e. The van der Waals surface area contributed by atoms with Gasteiger partial charge in [-0.05, 0) is 19.8 Å². The molecule has 0 amide bonds. The van der Waals surface area contributed by atoms with Gasteiger partial charge in [0.05, 0.1) is 18.4 Å². The average molecular weight is 282 g/mol. The lowest BCUT2D eigenvalue weighted by molar-refractivity contribution is -0.186. The second kappa shape index (κ2) is 7.85. The Bertz CT molecular complexity index is 399. The largest absolute Gasteiger partial charge is 0.481 e. The summed E-state index contributed by atoms with van der Waals surface area (Å²) >= 11 is 0. The van der Waals surface area contributed by atoms with Crippen LogP contribution in [0.4, 0.5) is 0 Å². The highest BCUT2D eigenvalue weighted by molar-refractivity contribution is 5.81. The average Bonchev–Trinajstić information content (AvgIpc) is 2.42. The fraction of sp³-hybridized carbons (Fsp3) is 0.600. The number of esters is 1. The van der Waals surface area contributed by atoms with Gasteiger partial charge in [0, 0.05) is 6.42 Å². The van der Waals surface area contributed by atoms with Gasteiger partial charge in [-0.3, -0.25) is 9.59 Å². The van der Waals surface area contributed by atoms with Crippen LogP contribution in [0.5, 0.6) is 0 Å². The summed E-state index contributed by atoms with van der Waals surface area (Å²) in [6.07, 6.45) is 4.22. The van der Waals surface area contributed by atoms with Crippen molar-refractivity contribution < 1.29 is 24.2 Å². The molecule has 1 N–H and O–H groups in total. The number of rotatable bonds is 7. The van der Waals surface area contributed by atoms with E-state index in [-0.39, 0.29) is 0 Å². The molecular formula is C15H22O5. The second-order valence-corrected chi connectivity index (χ2v) is 5.04. The fourth-order valence-corrected chi connectivity index (χ4v) is 2.03. The number of carboxylic acid groups (broad SMARTS) is 1. The van der Waals surface area contributed by atoms with Crippen molar-refractivity contribution in [1.29, 1.82) is 0 Å². The Morgan fingerprint density at radius 3 is 2.45 bits per heavy atom. The molecular weight excluding hydrogens is 260 g/mol. The number of allylic oxidation sites excluding steroid dienone is 2. The number of carbonyl (C=O) groups is 2. The van der Waals surface area contributed by atoms with Crippen LogP contribution in [-0.4, -0.2) is 29.9 Å². The maximum absolute atomic E-state index is 12.1.